The summed E-state index contributed by atoms with van der Waals surface area (Å²) in [5, 5.41) is 0. The Bertz CT molecular complexity index is 796. The van der Waals surface area contributed by atoms with E-state index in [1.165, 1.54) is 9.80 Å². The minimum absolute atomic E-state index is 0.0773. The Kier molecular flexibility index (Phi) is 4.29. The average molecular weight is 424 g/mol. The number of rotatable bonds is 7. The molecule has 2 aliphatic heterocycles. The number of fused-ring (bicyclic) bond motifs is 10. The summed E-state index contributed by atoms with van der Waals surface area (Å²) < 4.78 is 0. The zero-order valence-electron chi connectivity index (χ0n) is 17.9. The van der Waals surface area contributed by atoms with E-state index in [1.807, 2.05) is 4.90 Å². The molecule has 6 aliphatic rings. The second-order valence-electron chi connectivity index (χ2n) is 10.2. The van der Waals surface area contributed by atoms with E-state index >= 15 is 0 Å². The third kappa shape index (κ3) is 2.62. The third-order valence-corrected chi connectivity index (χ3v) is 8.63. The minimum Gasteiger partial charge on any atom is -0.274 e. The zero-order chi connectivity index (χ0) is 21.4. The highest BCUT2D eigenvalue weighted by Gasteiger charge is 2.61. The SMILES string of the molecule is CCCCN(CN1C(=O)[C@@H]2[C@@H](C1=O)[C@H]1C=C[C@H]2C1)CN1C(=O)[C@@H]2[C@H](C1=O)[C@H]1C=C[C@H]2C1. The van der Waals surface area contributed by atoms with Gasteiger partial charge < -0.3 is 0 Å². The molecular formula is C24H29N3O4. The number of imide groups is 2. The fourth-order valence-electron chi connectivity index (χ4n) is 7.17. The van der Waals surface area contributed by atoms with Crippen LogP contribution in [0.15, 0.2) is 24.3 Å². The van der Waals surface area contributed by atoms with Crippen LogP contribution in [-0.2, 0) is 19.2 Å². The largest absolute Gasteiger partial charge is 0.274 e. The lowest BCUT2D eigenvalue weighted by molar-refractivity contribution is -0.146. The summed E-state index contributed by atoms with van der Waals surface area (Å²) in [4.78, 5) is 57.2. The molecule has 0 aromatic rings. The quantitative estimate of drug-likeness (QED) is 0.459. The number of hydrogen-bond donors (Lipinski definition) is 0. The molecule has 6 rings (SSSR count). The van der Waals surface area contributed by atoms with Gasteiger partial charge in [-0.3, -0.25) is 33.9 Å². The molecule has 164 valence electrons. The monoisotopic (exact) mass is 423 g/mol. The van der Waals surface area contributed by atoms with Crippen molar-refractivity contribution >= 4 is 23.6 Å². The van der Waals surface area contributed by atoms with E-state index in [9.17, 15) is 19.2 Å². The number of carbonyl (C=O) groups is 4. The predicted octanol–water partition coefficient (Wildman–Crippen LogP) is 1.62. The van der Waals surface area contributed by atoms with Crippen molar-refractivity contribution in [3.8, 4) is 0 Å². The second kappa shape index (κ2) is 6.86. The van der Waals surface area contributed by atoms with E-state index in [1.54, 1.807) is 0 Å². The fourth-order valence-corrected chi connectivity index (χ4v) is 7.17. The summed E-state index contributed by atoms with van der Waals surface area (Å²) in [6, 6.07) is 0. The molecule has 2 saturated heterocycles. The molecule has 4 amide bonds. The minimum atomic E-state index is -0.216. The average Bonchev–Trinajstić information content (AvgIpc) is 3.59. The van der Waals surface area contributed by atoms with Gasteiger partial charge in [0.05, 0.1) is 37.0 Å². The van der Waals surface area contributed by atoms with Gasteiger partial charge in [0.15, 0.2) is 0 Å². The summed E-state index contributed by atoms with van der Waals surface area (Å²) in [5.41, 5.74) is 0. The van der Waals surface area contributed by atoms with Crippen LogP contribution in [0.25, 0.3) is 0 Å². The number of hydrogen-bond acceptors (Lipinski definition) is 5. The maximum atomic E-state index is 13.1. The number of unbranched alkanes of at least 4 members (excludes halogenated alkanes) is 1. The van der Waals surface area contributed by atoms with Crippen molar-refractivity contribution in [2.45, 2.75) is 32.6 Å². The van der Waals surface area contributed by atoms with Crippen molar-refractivity contribution in [2.75, 3.05) is 19.9 Å². The van der Waals surface area contributed by atoms with Crippen LogP contribution in [0.1, 0.15) is 32.6 Å². The molecule has 2 saturated carbocycles. The summed E-state index contributed by atoms with van der Waals surface area (Å²) in [6.45, 7) is 3.06. The van der Waals surface area contributed by atoms with Gasteiger partial charge in [-0.15, -0.1) is 0 Å². The molecule has 31 heavy (non-hydrogen) atoms. The molecule has 7 nitrogen and oxygen atoms in total. The van der Waals surface area contributed by atoms with Gasteiger partial charge in [0.2, 0.25) is 23.6 Å². The van der Waals surface area contributed by atoms with E-state index < -0.39 is 0 Å². The summed E-state index contributed by atoms with van der Waals surface area (Å²) in [5.74, 6) is -0.434. The first-order chi connectivity index (χ1) is 15.0. The van der Waals surface area contributed by atoms with E-state index in [4.69, 9.17) is 0 Å². The van der Waals surface area contributed by atoms with E-state index in [2.05, 4.69) is 31.2 Å². The van der Waals surface area contributed by atoms with Crippen LogP contribution < -0.4 is 0 Å². The van der Waals surface area contributed by atoms with Crippen LogP contribution in [0.3, 0.4) is 0 Å². The molecule has 0 radical (unpaired) electrons. The smallest absolute Gasteiger partial charge is 0.234 e. The van der Waals surface area contributed by atoms with Gasteiger partial charge >= 0.3 is 0 Å². The molecule has 0 N–H and O–H groups in total. The van der Waals surface area contributed by atoms with Crippen LogP contribution >= 0.6 is 0 Å². The topological polar surface area (TPSA) is 78.0 Å². The Morgan fingerprint density at radius 1 is 0.710 bits per heavy atom. The maximum absolute atomic E-state index is 13.1. The Labute approximate surface area is 182 Å². The highest BCUT2D eigenvalue weighted by atomic mass is 16.2. The molecule has 4 fully saturated rings. The molecule has 8 atom stereocenters. The van der Waals surface area contributed by atoms with Crippen LogP contribution in [-0.4, -0.2) is 58.2 Å². The van der Waals surface area contributed by atoms with Crippen molar-refractivity contribution in [3.63, 3.8) is 0 Å². The lowest BCUT2D eigenvalue weighted by Gasteiger charge is -2.31. The maximum Gasteiger partial charge on any atom is 0.234 e. The molecule has 2 heterocycles. The Morgan fingerprint density at radius 2 is 1.06 bits per heavy atom. The van der Waals surface area contributed by atoms with Crippen molar-refractivity contribution in [2.24, 2.45) is 47.3 Å². The normalized spacial score (nSPS) is 41.6. The van der Waals surface area contributed by atoms with E-state index in [-0.39, 0.29) is 84.3 Å². The van der Waals surface area contributed by atoms with Gasteiger partial charge in [-0.05, 0) is 42.9 Å². The Balaban J connectivity index is 1.19. The standard InChI is InChI=1S/C24H29N3O4/c1-2-3-8-25(11-26-21(28)17-13-4-5-14(9-13)18(17)22(26)29)12-27-23(30)19-15-6-7-16(10-15)20(19)24(27)31/h4-7,13-20H,2-3,8-12H2,1H3/t13-,14-,15-,16-,17-,18-,19-,20+/m0/s1. The fraction of sp³-hybridized carbons (Fsp3) is 0.667. The number of nitrogens with zero attached hydrogens (tertiary/aromatic N) is 3. The van der Waals surface area contributed by atoms with Gasteiger partial charge in [-0.25, -0.2) is 0 Å². The summed E-state index contributed by atoms with van der Waals surface area (Å²) in [6.07, 6.45) is 12.0. The molecule has 4 bridgehead atoms. The number of likely N-dealkylation sites (tertiary alicyclic amines) is 2. The van der Waals surface area contributed by atoms with Crippen molar-refractivity contribution in [1.82, 2.24) is 14.7 Å². The van der Waals surface area contributed by atoms with Gasteiger partial charge in [0.1, 0.15) is 0 Å². The molecule has 0 aromatic heterocycles. The van der Waals surface area contributed by atoms with Gasteiger partial charge in [0, 0.05) is 6.54 Å². The Hall–Kier alpha value is -2.28. The predicted molar refractivity (Wildman–Crippen MR) is 110 cm³/mol. The van der Waals surface area contributed by atoms with Gasteiger partial charge in [-0.1, -0.05) is 37.6 Å². The second-order valence-corrected chi connectivity index (χ2v) is 10.2. The zero-order valence-corrected chi connectivity index (χ0v) is 17.9. The molecular weight excluding hydrogens is 394 g/mol. The number of amides is 4. The molecule has 0 unspecified atom stereocenters. The van der Waals surface area contributed by atoms with E-state index in [0.717, 1.165) is 25.7 Å². The number of carbonyl (C=O) groups excluding carboxylic acids is 4. The van der Waals surface area contributed by atoms with Crippen molar-refractivity contribution in [3.05, 3.63) is 24.3 Å². The van der Waals surface area contributed by atoms with Crippen LogP contribution in [0.5, 0.6) is 0 Å². The summed E-state index contributed by atoms with van der Waals surface area (Å²) in [7, 11) is 0. The van der Waals surface area contributed by atoms with Crippen LogP contribution in [0.4, 0.5) is 0 Å². The van der Waals surface area contributed by atoms with E-state index in [0.29, 0.717) is 6.54 Å². The lowest BCUT2D eigenvalue weighted by atomic mass is 9.85. The van der Waals surface area contributed by atoms with Crippen molar-refractivity contribution < 1.29 is 19.2 Å². The van der Waals surface area contributed by atoms with Gasteiger partial charge in [-0.2, -0.15) is 0 Å². The molecule has 0 aromatic carbocycles. The lowest BCUT2D eigenvalue weighted by Crippen LogP contribution is -2.49. The van der Waals surface area contributed by atoms with Crippen LogP contribution in [0, 0.1) is 47.3 Å². The summed E-state index contributed by atoms with van der Waals surface area (Å²) >= 11 is 0. The van der Waals surface area contributed by atoms with Gasteiger partial charge in [0.25, 0.3) is 0 Å². The third-order valence-electron chi connectivity index (χ3n) is 8.63. The molecule has 0 spiro atoms. The first-order valence-corrected chi connectivity index (χ1v) is 11.8. The first-order valence-electron chi connectivity index (χ1n) is 11.8. The van der Waals surface area contributed by atoms with Crippen LogP contribution in [0.2, 0.25) is 0 Å². The first kappa shape index (κ1) is 19.4. The van der Waals surface area contributed by atoms with Crippen molar-refractivity contribution in [1.29, 1.82) is 0 Å². The highest BCUT2D eigenvalue weighted by molar-refractivity contribution is 6.07. The highest BCUT2D eigenvalue weighted by Crippen LogP contribution is 2.53. The molecule has 7 heteroatoms. The Morgan fingerprint density at radius 3 is 1.39 bits per heavy atom. The number of allylic oxidation sites excluding steroid dienone is 4. The molecule has 4 aliphatic carbocycles.